The van der Waals surface area contributed by atoms with E-state index in [-0.39, 0.29) is 30.2 Å². The van der Waals surface area contributed by atoms with Gasteiger partial charge in [-0.1, -0.05) is 23.7 Å². The van der Waals surface area contributed by atoms with Crippen molar-refractivity contribution in [3.05, 3.63) is 70.0 Å². The number of nitrogens with one attached hydrogen (secondary N) is 2. The molecule has 0 aliphatic rings. The Morgan fingerprint density at radius 1 is 1.04 bits per heavy atom. The van der Waals surface area contributed by atoms with Crippen molar-refractivity contribution >= 4 is 40.0 Å². The van der Waals surface area contributed by atoms with Crippen LogP contribution in [0.25, 0.3) is 10.9 Å². The van der Waals surface area contributed by atoms with Crippen LogP contribution >= 0.6 is 11.6 Å². The molecule has 144 valence electrons. The van der Waals surface area contributed by atoms with Crippen molar-refractivity contribution in [2.75, 3.05) is 11.9 Å². The van der Waals surface area contributed by atoms with E-state index in [2.05, 4.69) is 15.7 Å². The van der Waals surface area contributed by atoms with Crippen molar-refractivity contribution < 1.29 is 9.59 Å². The summed E-state index contributed by atoms with van der Waals surface area (Å²) in [6.07, 6.45) is 1.99. The number of rotatable bonds is 7. The molecule has 2 amide bonds. The Bertz CT molecular complexity index is 1050. The molecule has 1 aromatic heterocycles. The molecule has 0 bridgehead atoms. The zero-order valence-electron chi connectivity index (χ0n) is 15.0. The van der Waals surface area contributed by atoms with Gasteiger partial charge in [0, 0.05) is 29.1 Å². The molecule has 3 aromatic rings. The zero-order chi connectivity index (χ0) is 19.9. The summed E-state index contributed by atoms with van der Waals surface area (Å²) in [7, 11) is 0. The first-order valence-electron chi connectivity index (χ1n) is 8.80. The second kappa shape index (κ2) is 9.14. The minimum absolute atomic E-state index is 0.00222. The first kappa shape index (κ1) is 19.6. The first-order valence-corrected chi connectivity index (χ1v) is 9.18. The van der Waals surface area contributed by atoms with E-state index in [1.54, 1.807) is 48.5 Å². The molecule has 0 saturated heterocycles. The second-order valence-corrected chi connectivity index (χ2v) is 6.63. The van der Waals surface area contributed by atoms with Gasteiger partial charge in [-0.05, 0) is 42.8 Å². The van der Waals surface area contributed by atoms with Gasteiger partial charge in [0.15, 0.2) is 0 Å². The lowest BCUT2D eigenvalue weighted by molar-refractivity contribution is -0.122. The number of hydrogen-bond donors (Lipinski definition) is 2. The molecule has 1 heterocycles. The van der Waals surface area contributed by atoms with Gasteiger partial charge in [-0.3, -0.25) is 19.1 Å². The summed E-state index contributed by atoms with van der Waals surface area (Å²) in [4.78, 5) is 35.9. The van der Waals surface area contributed by atoms with Crippen molar-refractivity contribution in [2.24, 2.45) is 0 Å². The smallest absolute Gasteiger partial charge is 0.241 e. The van der Waals surface area contributed by atoms with Crippen LogP contribution in [-0.2, 0) is 16.1 Å². The highest BCUT2D eigenvalue weighted by molar-refractivity contribution is 6.30. The highest BCUT2D eigenvalue weighted by Crippen LogP contribution is 2.13. The monoisotopic (exact) mass is 398 g/mol. The van der Waals surface area contributed by atoms with E-state index in [0.29, 0.717) is 34.6 Å². The molecular formula is C20H19ClN4O3. The molecule has 0 spiro atoms. The Hall–Kier alpha value is -3.19. The number of benzene rings is 2. The lowest BCUT2D eigenvalue weighted by Crippen LogP contribution is -2.30. The lowest BCUT2D eigenvalue weighted by atomic mass is 10.2. The van der Waals surface area contributed by atoms with E-state index in [1.165, 1.54) is 10.9 Å². The number of halogens is 1. The minimum atomic E-state index is -0.237. The average molecular weight is 399 g/mol. The molecule has 0 unspecified atom stereocenters. The first-order chi connectivity index (χ1) is 13.5. The Labute approximate surface area is 166 Å². The SMILES string of the molecule is O=C(Cn1ncc(=O)c2ccccc21)NCCCC(=O)Nc1ccc(Cl)cc1. The summed E-state index contributed by atoms with van der Waals surface area (Å²) < 4.78 is 1.49. The van der Waals surface area contributed by atoms with Crippen LogP contribution in [0.5, 0.6) is 0 Å². The molecule has 7 nitrogen and oxygen atoms in total. The third-order valence-corrected chi connectivity index (χ3v) is 4.34. The van der Waals surface area contributed by atoms with Crippen LogP contribution in [0.3, 0.4) is 0 Å². The summed E-state index contributed by atoms with van der Waals surface area (Å²) >= 11 is 5.80. The Morgan fingerprint density at radius 2 is 1.79 bits per heavy atom. The summed E-state index contributed by atoms with van der Waals surface area (Å²) in [6.45, 7) is 0.364. The van der Waals surface area contributed by atoms with Gasteiger partial charge >= 0.3 is 0 Å². The van der Waals surface area contributed by atoms with E-state index in [1.807, 2.05) is 0 Å². The fourth-order valence-electron chi connectivity index (χ4n) is 2.71. The molecule has 28 heavy (non-hydrogen) atoms. The predicted molar refractivity (Wildman–Crippen MR) is 108 cm³/mol. The molecule has 2 aromatic carbocycles. The molecule has 2 N–H and O–H groups in total. The maximum atomic E-state index is 12.1. The summed E-state index contributed by atoms with van der Waals surface area (Å²) in [6, 6.07) is 13.9. The van der Waals surface area contributed by atoms with Gasteiger partial charge in [0.05, 0.1) is 11.7 Å². The van der Waals surface area contributed by atoms with Crippen LogP contribution < -0.4 is 16.1 Å². The number of fused-ring (bicyclic) bond motifs is 1. The van der Waals surface area contributed by atoms with Crippen molar-refractivity contribution in [3.8, 4) is 0 Å². The standard InChI is InChI=1S/C20H19ClN4O3/c21-14-7-9-15(10-8-14)24-19(27)6-3-11-22-20(28)13-25-17-5-2-1-4-16(17)18(26)12-23-25/h1-2,4-5,7-10,12H,3,6,11,13H2,(H,22,28)(H,24,27). The van der Waals surface area contributed by atoms with Crippen LogP contribution in [0, 0.1) is 0 Å². The number of carbonyl (C=O) groups is 2. The van der Waals surface area contributed by atoms with Crippen molar-refractivity contribution in [1.82, 2.24) is 15.1 Å². The number of amides is 2. The highest BCUT2D eigenvalue weighted by Gasteiger charge is 2.08. The molecule has 0 aliphatic carbocycles. The second-order valence-electron chi connectivity index (χ2n) is 6.19. The third-order valence-electron chi connectivity index (χ3n) is 4.09. The quantitative estimate of drug-likeness (QED) is 0.598. The lowest BCUT2D eigenvalue weighted by Gasteiger charge is -2.10. The molecule has 0 aliphatic heterocycles. The number of nitrogens with zero attached hydrogens (tertiary/aromatic N) is 2. The predicted octanol–water partition coefficient (Wildman–Crippen LogP) is 2.58. The van der Waals surface area contributed by atoms with Crippen LogP contribution in [0.4, 0.5) is 5.69 Å². The van der Waals surface area contributed by atoms with E-state index < -0.39 is 0 Å². The Kier molecular flexibility index (Phi) is 6.39. The van der Waals surface area contributed by atoms with Gasteiger partial charge in [0.25, 0.3) is 0 Å². The zero-order valence-corrected chi connectivity index (χ0v) is 15.8. The van der Waals surface area contributed by atoms with Gasteiger partial charge < -0.3 is 10.6 Å². The molecular weight excluding hydrogens is 380 g/mol. The van der Waals surface area contributed by atoms with E-state index in [4.69, 9.17) is 11.6 Å². The van der Waals surface area contributed by atoms with E-state index >= 15 is 0 Å². The van der Waals surface area contributed by atoms with Crippen molar-refractivity contribution in [3.63, 3.8) is 0 Å². The topological polar surface area (TPSA) is 93.1 Å². The van der Waals surface area contributed by atoms with Gasteiger partial charge in [-0.2, -0.15) is 5.10 Å². The Balaban J connectivity index is 1.45. The van der Waals surface area contributed by atoms with Crippen LogP contribution in [0.2, 0.25) is 5.02 Å². The van der Waals surface area contributed by atoms with Crippen LogP contribution in [-0.4, -0.2) is 28.1 Å². The summed E-state index contributed by atoms with van der Waals surface area (Å²) in [5, 5.41) is 10.7. The number of para-hydroxylation sites is 1. The minimum Gasteiger partial charge on any atom is -0.354 e. The third kappa shape index (κ3) is 5.17. The maximum Gasteiger partial charge on any atom is 0.241 e. The van der Waals surface area contributed by atoms with E-state index in [9.17, 15) is 14.4 Å². The highest BCUT2D eigenvalue weighted by atomic mass is 35.5. The number of hydrogen-bond acceptors (Lipinski definition) is 4. The molecule has 3 rings (SSSR count). The number of carbonyl (C=O) groups excluding carboxylic acids is 2. The maximum absolute atomic E-state index is 12.1. The van der Waals surface area contributed by atoms with Gasteiger partial charge in [0.2, 0.25) is 17.2 Å². The van der Waals surface area contributed by atoms with Crippen LogP contribution in [0.15, 0.2) is 59.5 Å². The van der Waals surface area contributed by atoms with E-state index in [0.717, 1.165) is 0 Å². The van der Waals surface area contributed by atoms with Gasteiger partial charge in [-0.25, -0.2) is 0 Å². The summed E-state index contributed by atoms with van der Waals surface area (Å²) in [5.41, 5.74) is 1.10. The largest absolute Gasteiger partial charge is 0.354 e. The van der Waals surface area contributed by atoms with Gasteiger partial charge in [0.1, 0.15) is 6.54 Å². The van der Waals surface area contributed by atoms with Gasteiger partial charge in [-0.15, -0.1) is 0 Å². The summed E-state index contributed by atoms with van der Waals surface area (Å²) in [5.74, 6) is -0.371. The number of anilines is 1. The molecule has 0 radical (unpaired) electrons. The van der Waals surface area contributed by atoms with Crippen molar-refractivity contribution in [2.45, 2.75) is 19.4 Å². The Morgan fingerprint density at radius 3 is 2.57 bits per heavy atom. The average Bonchev–Trinajstić information content (AvgIpc) is 2.69. The number of aromatic nitrogens is 2. The fraction of sp³-hybridized carbons (Fsp3) is 0.200. The normalized spacial score (nSPS) is 10.6. The fourth-order valence-corrected chi connectivity index (χ4v) is 2.84. The molecule has 0 fully saturated rings. The van der Waals surface area contributed by atoms with Crippen molar-refractivity contribution in [1.29, 1.82) is 0 Å². The molecule has 8 heteroatoms. The molecule has 0 atom stereocenters. The molecule has 0 saturated carbocycles. The van der Waals surface area contributed by atoms with Crippen LogP contribution in [0.1, 0.15) is 12.8 Å².